The summed E-state index contributed by atoms with van der Waals surface area (Å²) in [7, 11) is 0. The van der Waals surface area contributed by atoms with Gasteiger partial charge in [0, 0.05) is 12.1 Å². The standard InChI is InChI=1S/C6H7NO4/c8-4-1-2-5(9)7(4)11-6-3-10-6/h1-2,6,8-9H,3H2. The predicted molar refractivity (Wildman–Crippen MR) is 34.1 cm³/mol. The van der Waals surface area contributed by atoms with E-state index in [0.29, 0.717) is 6.61 Å². The summed E-state index contributed by atoms with van der Waals surface area (Å²) in [5.74, 6) is -0.281. The van der Waals surface area contributed by atoms with Gasteiger partial charge in [-0.05, 0) is 0 Å². The van der Waals surface area contributed by atoms with E-state index >= 15 is 0 Å². The summed E-state index contributed by atoms with van der Waals surface area (Å²) < 4.78 is 5.64. The van der Waals surface area contributed by atoms with Crippen molar-refractivity contribution in [1.82, 2.24) is 4.73 Å². The van der Waals surface area contributed by atoms with Crippen LogP contribution in [0.25, 0.3) is 0 Å². The predicted octanol–water partition coefficient (Wildman–Crippen LogP) is -0.316. The van der Waals surface area contributed by atoms with Crippen molar-refractivity contribution in [3.05, 3.63) is 12.1 Å². The summed E-state index contributed by atoms with van der Waals surface area (Å²) in [6.45, 7) is 0.497. The quantitative estimate of drug-likeness (QED) is 0.577. The molecule has 11 heavy (non-hydrogen) atoms. The van der Waals surface area contributed by atoms with Gasteiger partial charge in [0.1, 0.15) is 6.61 Å². The Morgan fingerprint density at radius 2 is 2.00 bits per heavy atom. The first-order valence-corrected chi connectivity index (χ1v) is 3.16. The van der Waals surface area contributed by atoms with Gasteiger partial charge in [-0.25, -0.2) is 0 Å². The molecule has 0 amide bonds. The third kappa shape index (κ3) is 1.10. The molecule has 0 aliphatic carbocycles. The van der Waals surface area contributed by atoms with Crippen molar-refractivity contribution in [2.75, 3.05) is 6.61 Å². The van der Waals surface area contributed by atoms with E-state index in [2.05, 4.69) is 0 Å². The minimum Gasteiger partial charge on any atom is -0.492 e. The van der Waals surface area contributed by atoms with Crippen molar-refractivity contribution in [2.45, 2.75) is 6.29 Å². The van der Waals surface area contributed by atoms with Crippen LogP contribution in [-0.2, 0) is 4.74 Å². The largest absolute Gasteiger partial charge is 0.492 e. The summed E-state index contributed by atoms with van der Waals surface area (Å²) in [6, 6.07) is 2.66. The van der Waals surface area contributed by atoms with Gasteiger partial charge in [-0.2, -0.15) is 0 Å². The summed E-state index contributed by atoms with van der Waals surface area (Å²) in [6.07, 6.45) is -0.334. The molecule has 1 aliphatic rings. The molecule has 2 heterocycles. The smallest absolute Gasteiger partial charge is 0.249 e. The van der Waals surface area contributed by atoms with E-state index in [9.17, 15) is 0 Å². The molecular formula is C6H7NO4. The lowest BCUT2D eigenvalue weighted by Crippen LogP contribution is -2.12. The second kappa shape index (κ2) is 2.06. The fourth-order valence-electron chi connectivity index (χ4n) is 0.728. The topological polar surface area (TPSA) is 67.2 Å². The van der Waals surface area contributed by atoms with Crippen LogP contribution in [0.2, 0.25) is 0 Å². The van der Waals surface area contributed by atoms with Crippen molar-refractivity contribution in [3.8, 4) is 11.8 Å². The molecule has 1 aliphatic heterocycles. The molecule has 1 unspecified atom stereocenters. The molecule has 0 bridgehead atoms. The van der Waals surface area contributed by atoms with Gasteiger partial charge in [-0.15, -0.1) is 4.73 Å². The molecule has 1 aromatic rings. The lowest BCUT2D eigenvalue weighted by atomic mass is 10.6. The molecule has 5 heteroatoms. The van der Waals surface area contributed by atoms with Gasteiger partial charge in [0.2, 0.25) is 18.1 Å². The van der Waals surface area contributed by atoms with Gasteiger partial charge >= 0.3 is 0 Å². The molecule has 0 spiro atoms. The first-order chi connectivity index (χ1) is 5.27. The van der Waals surface area contributed by atoms with Crippen LogP contribution in [0.4, 0.5) is 0 Å². The van der Waals surface area contributed by atoms with Crippen molar-refractivity contribution >= 4 is 0 Å². The number of nitrogens with zero attached hydrogens (tertiary/aromatic N) is 1. The van der Waals surface area contributed by atoms with Crippen LogP contribution in [0.1, 0.15) is 0 Å². The molecule has 1 aromatic heterocycles. The average Bonchev–Trinajstić information content (AvgIpc) is 2.73. The molecule has 60 valence electrons. The minimum absolute atomic E-state index is 0.141. The van der Waals surface area contributed by atoms with Crippen LogP contribution in [-0.4, -0.2) is 27.8 Å². The van der Waals surface area contributed by atoms with E-state index in [1.165, 1.54) is 12.1 Å². The Hall–Kier alpha value is -1.36. The Morgan fingerprint density at radius 3 is 2.45 bits per heavy atom. The molecule has 1 atom stereocenters. The van der Waals surface area contributed by atoms with Crippen LogP contribution in [0.15, 0.2) is 12.1 Å². The monoisotopic (exact) mass is 157 g/mol. The number of hydrogen-bond acceptors (Lipinski definition) is 4. The Labute approximate surface area is 62.3 Å². The lowest BCUT2D eigenvalue weighted by molar-refractivity contribution is 0.0136. The lowest BCUT2D eigenvalue weighted by Gasteiger charge is -2.04. The van der Waals surface area contributed by atoms with Crippen molar-refractivity contribution in [3.63, 3.8) is 0 Å². The number of hydrogen-bond donors (Lipinski definition) is 2. The highest BCUT2D eigenvalue weighted by Gasteiger charge is 2.27. The Kier molecular flexibility index (Phi) is 1.19. The second-order valence-corrected chi connectivity index (χ2v) is 2.21. The van der Waals surface area contributed by atoms with Gasteiger partial charge in [-0.3, -0.25) is 0 Å². The highest BCUT2D eigenvalue weighted by Crippen LogP contribution is 2.21. The van der Waals surface area contributed by atoms with Gasteiger partial charge < -0.3 is 19.8 Å². The third-order valence-electron chi connectivity index (χ3n) is 1.32. The van der Waals surface area contributed by atoms with Crippen LogP contribution in [0, 0.1) is 0 Å². The zero-order valence-corrected chi connectivity index (χ0v) is 5.60. The summed E-state index contributed by atoms with van der Waals surface area (Å²) in [4.78, 5) is 4.92. The molecule has 1 saturated heterocycles. The molecule has 2 N–H and O–H groups in total. The Balaban J connectivity index is 2.19. The highest BCUT2D eigenvalue weighted by molar-refractivity contribution is 5.21. The Morgan fingerprint density at radius 1 is 1.45 bits per heavy atom. The Bertz CT molecular complexity index is 246. The van der Waals surface area contributed by atoms with Crippen LogP contribution >= 0.6 is 0 Å². The summed E-state index contributed by atoms with van der Waals surface area (Å²) >= 11 is 0. The summed E-state index contributed by atoms with van der Waals surface area (Å²) in [5, 5.41) is 18.1. The molecule has 5 nitrogen and oxygen atoms in total. The van der Waals surface area contributed by atoms with Gasteiger partial charge in [0.25, 0.3) is 0 Å². The number of aromatic nitrogens is 1. The van der Waals surface area contributed by atoms with E-state index < -0.39 is 0 Å². The molecule has 0 saturated carbocycles. The maximum atomic E-state index is 9.03. The fourth-order valence-corrected chi connectivity index (χ4v) is 0.728. The maximum Gasteiger partial charge on any atom is 0.249 e. The minimum atomic E-state index is -0.334. The normalized spacial score (nSPS) is 21.6. The van der Waals surface area contributed by atoms with Gasteiger partial charge in [-0.1, -0.05) is 0 Å². The second-order valence-electron chi connectivity index (χ2n) is 2.21. The maximum absolute atomic E-state index is 9.03. The van der Waals surface area contributed by atoms with Crippen LogP contribution < -0.4 is 4.84 Å². The first-order valence-electron chi connectivity index (χ1n) is 3.16. The number of ether oxygens (including phenoxy) is 1. The van der Waals surface area contributed by atoms with Crippen molar-refractivity contribution in [2.24, 2.45) is 0 Å². The number of aromatic hydroxyl groups is 2. The van der Waals surface area contributed by atoms with Gasteiger partial charge in [0.15, 0.2) is 0 Å². The van der Waals surface area contributed by atoms with Crippen molar-refractivity contribution < 1.29 is 19.8 Å². The summed E-state index contributed by atoms with van der Waals surface area (Å²) in [5.41, 5.74) is 0. The van der Waals surface area contributed by atoms with E-state index in [1.807, 2.05) is 0 Å². The first kappa shape index (κ1) is 6.36. The molecular weight excluding hydrogens is 150 g/mol. The molecule has 2 rings (SSSR count). The number of rotatable bonds is 2. The van der Waals surface area contributed by atoms with E-state index in [4.69, 9.17) is 19.8 Å². The highest BCUT2D eigenvalue weighted by atomic mass is 16.8. The molecule has 0 radical (unpaired) electrons. The third-order valence-corrected chi connectivity index (χ3v) is 1.32. The zero-order valence-electron chi connectivity index (χ0n) is 5.60. The molecule has 1 fully saturated rings. The fraction of sp³-hybridized carbons (Fsp3) is 0.333. The zero-order chi connectivity index (χ0) is 7.84. The number of epoxide rings is 1. The molecule has 0 aromatic carbocycles. The van der Waals surface area contributed by atoms with E-state index in [1.54, 1.807) is 0 Å². The van der Waals surface area contributed by atoms with Crippen LogP contribution in [0.5, 0.6) is 11.8 Å². The van der Waals surface area contributed by atoms with E-state index in [0.717, 1.165) is 4.73 Å². The van der Waals surface area contributed by atoms with Crippen LogP contribution in [0.3, 0.4) is 0 Å². The van der Waals surface area contributed by atoms with Gasteiger partial charge in [0.05, 0.1) is 0 Å². The van der Waals surface area contributed by atoms with Crippen molar-refractivity contribution in [1.29, 1.82) is 0 Å². The average molecular weight is 157 g/mol. The van der Waals surface area contributed by atoms with E-state index in [-0.39, 0.29) is 18.1 Å². The SMILES string of the molecule is Oc1ccc(O)n1OC1CO1.